The molecule has 3 rings (SSSR count). The molecular formula is C32H57N3O16. The molecule has 0 radical (unpaired) electrons. The Hall–Kier alpha value is -2.11. The Balaban J connectivity index is 1.79. The van der Waals surface area contributed by atoms with Gasteiger partial charge in [0.15, 0.2) is 6.29 Å². The van der Waals surface area contributed by atoms with E-state index in [-0.39, 0.29) is 32.5 Å². The zero-order chi connectivity index (χ0) is 38.0. The van der Waals surface area contributed by atoms with Crippen LogP contribution in [-0.4, -0.2) is 185 Å². The second-order valence-corrected chi connectivity index (χ2v) is 13.4. The number of rotatable bonds is 17. The first kappa shape index (κ1) is 43.3. The van der Waals surface area contributed by atoms with Crippen LogP contribution in [0.4, 0.5) is 0 Å². The maximum Gasteiger partial charge on any atom is 0.217 e. The molecule has 3 heterocycles. The molecule has 0 aromatic carbocycles. The number of carbonyl (C=O) groups excluding carboxylic acids is 3. The lowest BCUT2D eigenvalue weighted by Gasteiger charge is -2.48. The lowest BCUT2D eigenvalue weighted by molar-refractivity contribution is -0.250. The largest absolute Gasteiger partial charge is 0.394 e. The van der Waals surface area contributed by atoms with E-state index in [1.54, 1.807) is 0 Å². The normalized spacial score (nSPS) is 39.2. The van der Waals surface area contributed by atoms with Crippen LogP contribution in [0.25, 0.3) is 0 Å². The van der Waals surface area contributed by atoms with E-state index in [2.05, 4.69) is 16.0 Å². The quantitative estimate of drug-likeness (QED) is 0.0671. The van der Waals surface area contributed by atoms with Gasteiger partial charge in [-0.3, -0.25) is 14.4 Å². The summed E-state index contributed by atoms with van der Waals surface area (Å²) in [5.41, 5.74) is 0. The van der Waals surface area contributed by atoms with Gasteiger partial charge in [-0.2, -0.15) is 0 Å². The average Bonchev–Trinajstić information content (AvgIpc) is 3.07. The minimum atomic E-state index is -1.57. The topological polar surface area (TPSA) is 284 Å². The molecule has 19 nitrogen and oxygen atoms in total. The van der Waals surface area contributed by atoms with Gasteiger partial charge in [-0.15, -0.1) is 0 Å². The molecule has 51 heavy (non-hydrogen) atoms. The second-order valence-electron chi connectivity index (χ2n) is 13.4. The van der Waals surface area contributed by atoms with Crippen molar-refractivity contribution in [3.63, 3.8) is 0 Å². The van der Waals surface area contributed by atoms with Crippen molar-refractivity contribution >= 4 is 17.7 Å². The fraction of sp³-hybridized carbons (Fsp3) is 0.906. The van der Waals surface area contributed by atoms with E-state index < -0.39 is 129 Å². The number of aliphatic hydroxyl groups is 7. The van der Waals surface area contributed by atoms with Crippen molar-refractivity contribution in [3.05, 3.63) is 0 Å². The highest BCUT2D eigenvalue weighted by Gasteiger charge is 2.50. The predicted octanol–water partition coefficient (Wildman–Crippen LogP) is -4.74. The number of carbonyl (C=O) groups is 3. The maximum absolute atomic E-state index is 12.5. The van der Waals surface area contributed by atoms with Crippen molar-refractivity contribution in [1.82, 2.24) is 16.0 Å². The molecule has 16 atom stereocenters. The third kappa shape index (κ3) is 11.4. The standard InChI is InChI=1S/C32H57N3O16/c1-6-14(2)48-31-19(11-47-12-23-25(33-15(3)39)30(44)29(43)22(9-38)50-23)21(8-37)49-24(26(31)34-16(4)40)13-46-10-18-20(7-36)51-32(45)27(28(18)42)35-17(5)41/h14,18-32,36-38,42-45H,6-13H2,1-5H3,(H,33,39)(H,34,40)(H,35,41)/t14?,18-,19-,20?,21?,22?,23+,24+,25?,26?,27?,28+,29-,30-,31+,32-/m1/s1. The molecule has 0 saturated carbocycles. The minimum Gasteiger partial charge on any atom is -0.394 e. The summed E-state index contributed by atoms with van der Waals surface area (Å²) < 4.78 is 35.9. The maximum atomic E-state index is 12.5. The van der Waals surface area contributed by atoms with Crippen LogP contribution >= 0.6 is 0 Å². The summed E-state index contributed by atoms with van der Waals surface area (Å²) in [5, 5.41) is 80.1. The monoisotopic (exact) mass is 739 g/mol. The fourth-order valence-corrected chi connectivity index (χ4v) is 6.77. The molecule has 0 bridgehead atoms. The Morgan fingerprint density at radius 1 is 0.608 bits per heavy atom. The highest BCUT2D eigenvalue weighted by Crippen LogP contribution is 2.32. The third-order valence-electron chi connectivity index (χ3n) is 9.56. The Bertz CT molecular complexity index is 1110. The molecule has 19 heteroatoms. The molecule has 0 aromatic rings. The number of aliphatic hydroxyl groups excluding tert-OH is 7. The summed E-state index contributed by atoms with van der Waals surface area (Å²) in [7, 11) is 0. The van der Waals surface area contributed by atoms with E-state index in [9.17, 15) is 50.1 Å². The van der Waals surface area contributed by atoms with Gasteiger partial charge in [0.1, 0.15) is 36.6 Å². The molecule has 3 aliphatic rings. The van der Waals surface area contributed by atoms with E-state index in [1.807, 2.05) is 13.8 Å². The predicted molar refractivity (Wildman–Crippen MR) is 174 cm³/mol. The zero-order valence-corrected chi connectivity index (χ0v) is 29.7. The number of hydrogen-bond acceptors (Lipinski definition) is 16. The number of amides is 3. The molecular weight excluding hydrogens is 682 g/mol. The van der Waals surface area contributed by atoms with E-state index in [4.69, 9.17) is 28.4 Å². The number of nitrogens with one attached hydrogen (secondary N) is 3. The molecule has 0 aliphatic carbocycles. The van der Waals surface area contributed by atoms with Gasteiger partial charge in [-0.05, 0) is 13.3 Å². The highest BCUT2D eigenvalue weighted by molar-refractivity contribution is 5.74. The number of hydrogen-bond donors (Lipinski definition) is 10. The summed E-state index contributed by atoms with van der Waals surface area (Å²) in [5.74, 6) is -2.97. The molecule has 7 unspecified atom stereocenters. The first-order valence-corrected chi connectivity index (χ1v) is 17.3. The second kappa shape index (κ2) is 20.4. The van der Waals surface area contributed by atoms with E-state index >= 15 is 0 Å². The minimum absolute atomic E-state index is 0.109. The first-order chi connectivity index (χ1) is 24.2. The van der Waals surface area contributed by atoms with Crippen molar-refractivity contribution in [2.75, 3.05) is 46.2 Å². The summed E-state index contributed by atoms with van der Waals surface area (Å²) in [6.45, 7) is 5.18. The van der Waals surface area contributed by atoms with Gasteiger partial charge in [-0.1, -0.05) is 6.92 Å². The Morgan fingerprint density at radius 3 is 1.61 bits per heavy atom. The summed E-state index contributed by atoms with van der Waals surface area (Å²) in [6.07, 6.45) is -11.3. The Kier molecular flexibility index (Phi) is 17.3. The van der Waals surface area contributed by atoms with Gasteiger partial charge >= 0.3 is 0 Å². The molecule has 3 fully saturated rings. The Morgan fingerprint density at radius 2 is 1.08 bits per heavy atom. The molecule has 3 amide bonds. The highest BCUT2D eigenvalue weighted by atomic mass is 16.6. The SMILES string of the molecule is CCC(C)O[C@@H]1C(NC(C)=O)[C@H](COC[C@@H]2C(CO)O[C@@H](O)C(NC(C)=O)[C@H]2O)OC(CO)[C@H]1COC[C@@H]1OC(CO)[C@@H](O)[C@H](O)C1NC(C)=O. The summed E-state index contributed by atoms with van der Waals surface area (Å²) in [6, 6.07) is -3.08. The van der Waals surface area contributed by atoms with Crippen molar-refractivity contribution < 1.29 is 78.6 Å². The lowest BCUT2D eigenvalue weighted by atomic mass is 9.85. The molecule has 0 spiro atoms. The van der Waals surface area contributed by atoms with Gasteiger partial charge in [0.05, 0.1) is 88.9 Å². The van der Waals surface area contributed by atoms with Crippen molar-refractivity contribution in [2.24, 2.45) is 11.8 Å². The van der Waals surface area contributed by atoms with Crippen LogP contribution in [0.3, 0.4) is 0 Å². The van der Waals surface area contributed by atoms with Crippen LogP contribution in [0.5, 0.6) is 0 Å². The van der Waals surface area contributed by atoms with Crippen molar-refractivity contribution in [1.29, 1.82) is 0 Å². The van der Waals surface area contributed by atoms with Crippen molar-refractivity contribution in [2.45, 2.75) is 126 Å². The van der Waals surface area contributed by atoms with Crippen LogP contribution < -0.4 is 16.0 Å². The summed E-state index contributed by atoms with van der Waals surface area (Å²) >= 11 is 0. The van der Waals surface area contributed by atoms with E-state index in [0.29, 0.717) is 6.42 Å². The van der Waals surface area contributed by atoms with Crippen LogP contribution in [0, 0.1) is 11.8 Å². The third-order valence-corrected chi connectivity index (χ3v) is 9.56. The first-order valence-electron chi connectivity index (χ1n) is 17.3. The van der Waals surface area contributed by atoms with Gasteiger partial charge in [0.2, 0.25) is 17.7 Å². The zero-order valence-electron chi connectivity index (χ0n) is 29.7. The Labute approximate surface area is 296 Å². The van der Waals surface area contributed by atoms with Gasteiger partial charge in [-0.25, -0.2) is 0 Å². The lowest BCUT2D eigenvalue weighted by Crippen LogP contribution is -2.66. The molecule has 3 aliphatic heterocycles. The van der Waals surface area contributed by atoms with Crippen LogP contribution in [-0.2, 0) is 42.8 Å². The molecule has 3 saturated heterocycles. The molecule has 296 valence electrons. The van der Waals surface area contributed by atoms with Crippen molar-refractivity contribution in [3.8, 4) is 0 Å². The fourth-order valence-electron chi connectivity index (χ4n) is 6.77. The average molecular weight is 740 g/mol. The van der Waals surface area contributed by atoms with Crippen LogP contribution in [0.2, 0.25) is 0 Å². The number of ether oxygens (including phenoxy) is 6. The van der Waals surface area contributed by atoms with Crippen LogP contribution in [0.1, 0.15) is 41.0 Å². The molecule has 10 N–H and O–H groups in total. The van der Waals surface area contributed by atoms with Crippen LogP contribution in [0.15, 0.2) is 0 Å². The summed E-state index contributed by atoms with van der Waals surface area (Å²) in [4.78, 5) is 36.0. The van der Waals surface area contributed by atoms with E-state index in [1.165, 1.54) is 20.8 Å². The molecule has 0 aromatic heterocycles. The van der Waals surface area contributed by atoms with Gasteiger partial charge in [0, 0.05) is 32.6 Å². The smallest absolute Gasteiger partial charge is 0.217 e. The van der Waals surface area contributed by atoms with Gasteiger partial charge in [0.25, 0.3) is 0 Å². The van der Waals surface area contributed by atoms with Gasteiger partial charge < -0.3 is 80.1 Å². The van der Waals surface area contributed by atoms with E-state index in [0.717, 1.165) is 0 Å².